The van der Waals surface area contributed by atoms with Crippen molar-refractivity contribution in [2.45, 2.75) is 32.7 Å². The molecular formula is C20H31N7. The molecule has 2 aromatic rings. The lowest BCUT2D eigenvalue weighted by atomic mass is 10.3. The van der Waals surface area contributed by atoms with Crippen LogP contribution in [0.15, 0.2) is 35.3 Å². The standard InChI is InChI=1S/C20H31N7/c1-16-24-25-19(27(16)3)15-23-20(22-14-17-10-11-17)21-12-7-13-26(2)18-8-5-4-6-9-18/h4-6,8-9,17H,7,10-15H2,1-3H3,(H2,21,22,23). The van der Waals surface area contributed by atoms with Crippen LogP contribution in [0.25, 0.3) is 0 Å². The maximum absolute atomic E-state index is 4.70. The molecule has 1 fully saturated rings. The first-order valence-electron chi connectivity index (χ1n) is 9.76. The molecule has 3 rings (SSSR count). The van der Waals surface area contributed by atoms with Gasteiger partial charge in [0.2, 0.25) is 0 Å². The zero-order valence-corrected chi connectivity index (χ0v) is 16.6. The fourth-order valence-electron chi connectivity index (χ4n) is 2.81. The van der Waals surface area contributed by atoms with Crippen LogP contribution in [-0.4, -0.2) is 47.4 Å². The molecule has 0 bridgehead atoms. The van der Waals surface area contributed by atoms with Crippen LogP contribution in [0, 0.1) is 12.8 Å². The minimum Gasteiger partial charge on any atom is -0.375 e. The summed E-state index contributed by atoms with van der Waals surface area (Å²) in [5, 5.41) is 15.2. The number of para-hydroxylation sites is 1. The summed E-state index contributed by atoms with van der Waals surface area (Å²) in [6.07, 6.45) is 3.69. The Morgan fingerprint density at radius 3 is 2.67 bits per heavy atom. The molecule has 27 heavy (non-hydrogen) atoms. The summed E-state index contributed by atoms with van der Waals surface area (Å²) in [7, 11) is 4.11. The van der Waals surface area contributed by atoms with E-state index in [0.29, 0.717) is 6.54 Å². The van der Waals surface area contributed by atoms with Crippen molar-refractivity contribution in [3.05, 3.63) is 42.0 Å². The van der Waals surface area contributed by atoms with Gasteiger partial charge in [0.15, 0.2) is 11.8 Å². The first-order valence-corrected chi connectivity index (χ1v) is 9.76. The van der Waals surface area contributed by atoms with Gasteiger partial charge in [-0.1, -0.05) is 18.2 Å². The summed E-state index contributed by atoms with van der Waals surface area (Å²) in [6, 6.07) is 10.5. The van der Waals surface area contributed by atoms with Gasteiger partial charge in [0, 0.05) is 39.4 Å². The molecule has 0 saturated heterocycles. The van der Waals surface area contributed by atoms with E-state index < -0.39 is 0 Å². The summed E-state index contributed by atoms with van der Waals surface area (Å²) >= 11 is 0. The first kappa shape index (κ1) is 19.2. The molecule has 7 heteroatoms. The van der Waals surface area contributed by atoms with Gasteiger partial charge in [0.1, 0.15) is 12.4 Å². The molecule has 1 saturated carbocycles. The van der Waals surface area contributed by atoms with Crippen LogP contribution in [0.3, 0.4) is 0 Å². The van der Waals surface area contributed by atoms with Crippen LogP contribution in [0.4, 0.5) is 5.69 Å². The number of aryl methyl sites for hydroxylation is 1. The second kappa shape index (κ2) is 9.39. The lowest BCUT2D eigenvalue weighted by Gasteiger charge is -2.19. The number of aromatic nitrogens is 3. The van der Waals surface area contributed by atoms with Crippen LogP contribution in [0.1, 0.15) is 30.9 Å². The number of nitrogens with zero attached hydrogens (tertiary/aromatic N) is 5. The molecule has 0 unspecified atom stereocenters. The highest BCUT2D eigenvalue weighted by atomic mass is 15.3. The molecular weight excluding hydrogens is 338 g/mol. The smallest absolute Gasteiger partial charge is 0.191 e. The molecule has 146 valence electrons. The highest BCUT2D eigenvalue weighted by molar-refractivity contribution is 5.79. The van der Waals surface area contributed by atoms with E-state index in [4.69, 9.17) is 4.99 Å². The van der Waals surface area contributed by atoms with Gasteiger partial charge in [-0.05, 0) is 44.2 Å². The largest absolute Gasteiger partial charge is 0.375 e. The average molecular weight is 370 g/mol. The second-order valence-corrected chi connectivity index (χ2v) is 7.25. The average Bonchev–Trinajstić information content (AvgIpc) is 3.47. The van der Waals surface area contributed by atoms with E-state index in [9.17, 15) is 0 Å². The van der Waals surface area contributed by atoms with E-state index in [1.54, 1.807) is 0 Å². The van der Waals surface area contributed by atoms with Crippen molar-refractivity contribution in [3.63, 3.8) is 0 Å². The molecule has 0 aliphatic heterocycles. The van der Waals surface area contributed by atoms with Gasteiger partial charge < -0.3 is 20.1 Å². The van der Waals surface area contributed by atoms with Crippen LogP contribution >= 0.6 is 0 Å². The van der Waals surface area contributed by atoms with Crippen molar-refractivity contribution >= 4 is 11.6 Å². The maximum Gasteiger partial charge on any atom is 0.191 e. The first-order chi connectivity index (χ1) is 13.1. The van der Waals surface area contributed by atoms with Crippen molar-refractivity contribution in [1.29, 1.82) is 0 Å². The van der Waals surface area contributed by atoms with E-state index in [-0.39, 0.29) is 0 Å². The summed E-state index contributed by atoms with van der Waals surface area (Å²) in [6.45, 7) is 5.35. The number of nitrogens with one attached hydrogen (secondary N) is 2. The third-order valence-electron chi connectivity index (χ3n) is 4.98. The third kappa shape index (κ3) is 5.98. The van der Waals surface area contributed by atoms with Gasteiger partial charge in [0.05, 0.1) is 0 Å². The molecule has 1 aromatic carbocycles. The summed E-state index contributed by atoms with van der Waals surface area (Å²) in [4.78, 5) is 6.98. The molecule has 0 amide bonds. The molecule has 0 spiro atoms. The summed E-state index contributed by atoms with van der Waals surface area (Å²) < 4.78 is 1.98. The Morgan fingerprint density at radius 1 is 1.22 bits per heavy atom. The fraction of sp³-hybridized carbons (Fsp3) is 0.550. The number of hydrogen-bond acceptors (Lipinski definition) is 4. The Morgan fingerprint density at radius 2 is 2.00 bits per heavy atom. The Hall–Kier alpha value is -2.57. The third-order valence-corrected chi connectivity index (χ3v) is 4.98. The molecule has 0 radical (unpaired) electrons. The molecule has 1 heterocycles. The Bertz CT molecular complexity index is 734. The van der Waals surface area contributed by atoms with Gasteiger partial charge in [-0.2, -0.15) is 0 Å². The van der Waals surface area contributed by atoms with E-state index in [2.05, 4.69) is 57.0 Å². The number of guanidine groups is 1. The molecule has 2 N–H and O–H groups in total. The number of hydrogen-bond donors (Lipinski definition) is 2. The monoisotopic (exact) mass is 369 g/mol. The minimum absolute atomic E-state index is 0.529. The zero-order chi connectivity index (χ0) is 19.1. The van der Waals surface area contributed by atoms with E-state index in [1.165, 1.54) is 18.5 Å². The number of benzene rings is 1. The maximum atomic E-state index is 4.70. The number of rotatable bonds is 9. The van der Waals surface area contributed by atoms with Crippen LogP contribution in [-0.2, 0) is 13.6 Å². The Labute approximate surface area is 161 Å². The zero-order valence-electron chi connectivity index (χ0n) is 16.6. The predicted molar refractivity (Wildman–Crippen MR) is 110 cm³/mol. The van der Waals surface area contributed by atoms with E-state index in [1.807, 2.05) is 24.6 Å². The Balaban J connectivity index is 1.47. The second-order valence-electron chi connectivity index (χ2n) is 7.25. The van der Waals surface area contributed by atoms with Gasteiger partial charge in [-0.3, -0.25) is 0 Å². The van der Waals surface area contributed by atoms with Gasteiger partial charge in [0.25, 0.3) is 0 Å². The lowest BCUT2D eigenvalue weighted by molar-refractivity contribution is 0.698. The van der Waals surface area contributed by atoms with Crippen molar-refractivity contribution in [3.8, 4) is 0 Å². The molecule has 1 aliphatic rings. The van der Waals surface area contributed by atoms with Gasteiger partial charge in [-0.25, -0.2) is 4.99 Å². The highest BCUT2D eigenvalue weighted by Crippen LogP contribution is 2.27. The summed E-state index contributed by atoms with van der Waals surface area (Å²) in [5.41, 5.74) is 1.25. The van der Waals surface area contributed by atoms with E-state index >= 15 is 0 Å². The van der Waals surface area contributed by atoms with Crippen molar-refractivity contribution < 1.29 is 0 Å². The van der Waals surface area contributed by atoms with Crippen LogP contribution in [0.5, 0.6) is 0 Å². The fourth-order valence-corrected chi connectivity index (χ4v) is 2.81. The topological polar surface area (TPSA) is 70.4 Å². The molecule has 7 nitrogen and oxygen atoms in total. The van der Waals surface area contributed by atoms with Crippen molar-refractivity contribution in [2.75, 3.05) is 31.6 Å². The van der Waals surface area contributed by atoms with Gasteiger partial charge in [-0.15, -0.1) is 10.2 Å². The van der Waals surface area contributed by atoms with Crippen molar-refractivity contribution in [1.82, 2.24) is 25.4 Å². The Kier molecular flexibility index (Phi) is 6.68. The van der Waals surface area contributed by atoms with E-state index in [0.717, 1.165) is 49.6 Å². The molecule has 0 atom stereocenters. The SMILES string of the molecule is Cc1nnc(CN=C(NCCCN(C)c2ccccc2)NCC2CC2)n1C. The molecule has 1 aromatic heterocycles. The lowest BCUT2D eigenvalue weighted by Crippen LogP contribution is -2.39. The van der Waals surface area contributed by atoms with Crippen LogP contribution < -0.4 is 15.5 Å². The minimum atomic E-state index is 0.529. The predicted octanol–water partition coefficient (Wildman–Crippen LogP) is 2.10. The van der Waals surface area contributed by atoms with Gasteiger partial charge >= 0.3 is 0 Å². The van der Waals surface area contributed by atoms with Crippen molar-refractivity contribution in [2.24, 2.45) is 18.0 Å². The molecule has 1 aliphatic carbocycles. The van der Waals surface area contributed by atoms with Crippen LogP contribution in [0.2, 0.25) is 0 Å². The quantitative estimate of drug-likeness (QED) is 0.402. The normalized spacial score (nSPS) is 14.3. The number of aliphatic imine (C=N–C) groups is 1. The summed E-state index contributed by atoms with van der Waals surface area (Å²) in [5.74, 6) is 3.46. The highest BCUT2D eigenvalue weighted by Gasteiger charge is 2.21. The number of anilines is 1.